The van der Waals surface area contributed by atoms with E-state index >= 15 is 0 Å². The zero-order chi connectivity index (χ0) is 13.6. The van der Waals surface area contributed by atoms with Crippen LogP contribution < -0.4 is 5.32 Å². The molecule has 0 saturated carbocycles. The van der Waals surface area contributed by atoms with Gasteiger partial charge in [-0.1, -0.05) is 6.92 Å². The minimum absolute atomic E-state index is 0.0405. The van der Waals surface area contributed by atoms with E-state index in [9.17, 15) is 8.42 Å². The summed E-state index contributed by atoms with van der Waals surface area (Å²) in [6.45, 7) is 2.33. The number of anilines is 1. The molecule has 102 valence electrons. The van der Waals surface area contributed by atoms with Gasteiger partial charge >= 0.3 is 0 Å². The van der Waals surface area contributed by atoms with Crippen molar-refractivity contribution in [3.8, 4) is 0 Å². The van der Waals surface area contributed by atoms with Crippen molar-refractivity contribution < 1.29 is 13.5 Å². The van der Waals surface area contributed by atoms with Crippen molar-refractivity contribution in [1.82, 2.24) is 14.3 Å². The number of hydrogen-bond donors (Lipinski definition) is 2. The van der Waals surface area contributed by atoms with Crippen molar-refractivity contribution in [3.63, 3.8) is 0 Å². The number of aliphatic hydroxyl groups is 1. The van der Waals surface area contributed by atoms with Crippen molar-refractivity contribution in [2.45, 2.75) is 18.2 Å². The van der Waals surface area contributed by atoms with Crippen LogP contribution in [0.4, 0.5) is 5.95 Å². The summed E-state index contributed by atoms with van der Waals surface area (Å²) < 4.78 is 25.7. The smallest absolute Gasteiger partial charge is 0.246 e. The number of hydrogen-bond acceptors (Lipinski definition) is 6. The van der Waals surface area contributed by atoms with Gasteiger partial charge in [-0.05, 0) is 6.42 Å². The van der Waals surface area contributed by atoms with Crippen LogP contribution in [0.3, 0.4) is 0 Å². The molecule has 8 heteroatoms. The van der Waals surface area contributed by atoms with Crippen LogP contribution in [0.2, 0.25) is 0 Å². The molecule has 18 heavy (non-hydrogen) atoms. The Morgan fingerprint density at radius 2 is 2.00 bits per heavy atom. The van der Waals surface area contributed by atoms with E-state index < -0.39 is 10.0 Å². The quantitative estimate of drug-likeness (QED) is 0.721. The predicted molar refractivity (Wildman–Crippen MR) is 67.7 cm³/mol. The fourth-order valence-corrected chi connectivity index (χ4v) is 2.80. The summed E-state index contributed by atoms with van der Waals surface area (Å²) in [6.07, 6.45) is 2.95. The van der Waals surface area contributed by atoms with Gasteiger partial charge in [0.15, 0.2) is 0 Å². The minimum Gasteiger partial charge on any atom is -0.396 e. The Bertz CT molecular complexity index is 461. The summed E-state index contributed by atoms with van der Waals surface area (Å²) in [5, 5.41) is 11.5. The minimum atomic E-state index is -3.58. The van der Waals surface area contributed by atoms with E-state index in [1.807, 2.05) is 0 Å². The first-order valence-corrected chi connectivity index (χ1v) is 7.11. The molecule has 0 atom stereocenters. The second-order valence-corrected chi connectivity index (χ2v) is 5.50. The first-order chi connectivity index (χ1) is 8.56. The fourth-order valence-electron chi connectivity index (χ4n) is 1.42. The van der Waals surface area contributed by atoms with Gasteiger partial charge in [-0.15, -0.1) is 0 Å². The highest BCUT2D eigenvalue weighted by Gasteiger charge is 2.23. The van der Waals surface area contributed by atoms with Crippen molar-refractivity contribution in [3.05, 3.63) is 12.4 Å². The largest absolute Gasteiger partial charge is 0.396 e. The third-order valence-electron chi connectivity index (χ3n) is 2.41. The molecule has 0 fully saturated rings. The SMILES string of the molecule is CCN(CCCO)S(=O)(=O)c1cnc(NC)nc1. The second kappa shape index (κ2) is 6.62. The van der Waals surface area contributed by atoms with Crippen molar-refractivity contribution in [2.75, 3.05) is 32.1 Å². The van der Waals surface area contributed by atoms with E-state index in [0.717, 1.165) is 0 Å². The molecule has 1 aromatic rings. The number of rotatable bonds is 7. The molecule has 0 aliphatic carbocycles. The van der Waals surface area contributed by atoms with Gasteiger partial charge in [0, 0.05) is 26.7 Å². The Hall–Kier alpha value is -1.25. The number of nitrogens with one attached hydrogen (secondary N) is 1. The Morgan fingerprint density at radius 3 is 2.44 bits per heavy atom. The van der Waals surface area contributed by atoms with Gasteiger partial charge in [0.05, 0.1) is 12.4 Å². The summed E-state index contributed by atoms with van der Waals surface area (Å²) in [5.74, 6) is 0.368. The van der Waals surface area contributed by atoms with Gasteiger partial charge in [0.2, 0.25) is 16.0 Å². The standard InChI is InChI=1S/C10H18N4O3S/c1-3-14(5-4-6-15)18(16,17)9-7-12-10(11-2)13-8-9/h7-8,15H,3-6H2,1-2H3,(H,11,12,13). The Labute approximate surface area is 107 Å². The summed E-state index contributed by atoms with van der Waals surface area (Å²) >= 11 is 0. The lowest BCUT2D eigenvalue weighted by molar-refractivity contribution is 0.271. The Balaban J connectivity index is 2.95. The summed E-state index contributed by atoms with van der Waals surface area (Å²) in [7, 11) is -1.92. The first kappa shape index (κ1) is 14.8. The summed E-state index contributed by atoms with van der Waals surface area (Å²) in [4.78, 5) is 7.82. The molecule has 1 rings (SSSR count). The Morgan fingerprint density at radius 1 is 1.39 bits per heavy atom. The van der Waals surface area contributed by atoms with Crippen LogP contribution in [0.1, 0.15) is 13.3 Å². The molecule has 1 aromatic heterocycles. The lowest BCUT2D eigenvalue weighted by Crippen LogP contribution is -2.32. The summed E-state index contributed by atoms with van der Waals surface area (Å²) in [6, 6.07) is 0. The molecular formula is C10H18N4O3S. The molecule has 0 aliphatic rings. The molecule has 0 radical (unpaired) electrons. The number of aliphatic hydroxyl groups excluding tert-OH is 1. The third kappa shape index (κ3) is 3.37. The Kier molecular flexibility index (Phi) is 5.45. The maximum Gasteiger partial charge on any atom is 0.246 e. The second-order valence-electron chi connectivity index (χ2n) is 3.57. The average Bonchev–Trinajstić information content (AvgIpc) is 2.39. The van der Waals surface area contributed by atoms with E-state index in [1.165, 1.54) is 16.7 Å². The van der Waals surface area contributed by atoms with Gasteiger partial charge < -0.3 is 10.4 Å². The number of nitrogens with zero attached hydrogens (tertiary/aromatic N) is 3. The van der Waals surface area contributed by atoms with E-state index in [4.69, 9.17) is 5.11 Å². The van der Waals surface area contributed by atoms with Gasteiger partial charge in [-0.2, -0.15) is 4.31 Å². The average molecular weight is 274 g/mol. The monoisotopic (exact) mass is 274 g/mol. The van der Waals surface area contributed by atoms with Crippen molar-refractivity contribution in [1.29, 1.82) is 0 Å². The first-order valence-electron chi connectivity index (χ1n) is 5.67. The summed E-state index contributed by atoms with van der Waals surface area (Å²) in [5.41, 5.74) is 0. The van der Waals surface area contributed by atoms with E-state index in [-0.39, 0.29) is 18.0 Å². The van der Waals surface area contributed by atoms with Crippen molar-refractivity contribution >= 4 is 16.0 Å². The molecule has 0 aromatic carbocycles. The van der Waals surface area contributed by atoms with Gasteiger partial charge in [-0.25, -0.2) is 18.4 Å². The maximum absolute atomic E-state index is 12.2. The van der Waals surface area contributed by atoms with Crippen LogP contribution in [0.25, 0.3) is 0 Å². The van der Waals surface area contributed by atoms with Crippen LogP contribution >= 0.6 is 0 Å². The van der Waals surface area contributed by atoms with Crippen molar-refractivity contribution in [2.24, 2.45) is 0 Å². The van der Waals surface area contributed by atoms with Gasteiger partial charge in [0.25, 0.3) is 0 Å². The normalized spacial score (nSPS) is 11.8. The molecule has 0 saturated heterocycles. The molecule has 0 aliphatic heterocycles. The van der Waals surface area contributed by atoms with Crippen LogP contribution in [0.5, 0.6) is 0 Å². The molecule has 2 N–H and O–H groups in total. The molecular weight excluding hydrogens is 256 g/mol. The van der Waals surface area contributed by atoms with Crippen LogP contribution in [-0.2, 0) is 10.0 Å². The van der Waals surface area contributed by atoms with Crippen LogP contribution in [0.15, 0.2) is 17.3 Å². The highest BCUT2D eigenvalue weighted by Crippen LogP contribution is 2.14. The molecule has 7 nitrogen and oxygen atoms in total. The van der Waals surface area contributed by atoms with Gasteiger partial charge in [-0.3, -0.25) is 0 Å². The highest BCUT2D eigenvalue weighted by molar-refractivity contribution is 7.89. The molecule has 0 amide bonds. The number of sulfonamides is 1. The zero-order valence-electron chi connectivity index (χ0n) is 10.5. The third-order valence-corrected chi connectivity index (χ3v) is 4.34. The van der Waals surface area contributed by atoms with E-state index in [2.05, 4.69) is 15.3 Å². The zero-order valence-corrected chi connectivity index (χ0v) is 11.3. The molecule has 0 spiro atoms. The van der Waals surface area contributed by atoms with E-state index in [1.54, 1.807) is 14.0 Å². The molecule has 1 heterocycles. The lowest BCUT2D eigenvalue weighted by Gasteiger charge is -2.19. The number of aromatic nitrogens is 2. The van der Waals surface area contributed by atoms with E-state index in [0.29, 0.717) is 18.9 Å². The predicted octanol–water partition coefficient (Wildman–Crippen LogP) is -0.0887. The van der Waals surface area contributed by atoms with Gasteiger partial charge in [0.1, 0.15) is 4.90 Å². The fraction of sp³-hybridized carbons (Fsp3) is 0.600. The van der Waals surface area contributed by atoms with Crippen LogP contribution in [0, 0.1) is 0 Å². The highest BCUT2D eigenvalue weighted by atomic mass is 32.2. The van der Waals surface area contributed by atoms with Crippen LogP contribution in [-0.4, -0.2) is 54.5 Å². The maximum atomic E-state index is 12.2. The topological polar surface area (TPSA) is 95.4 Å². The molecule has 0 unspecified atom stereocenters. The molecule has 0 bridgehead atoms. The lowest BCUT2D eigenvalue weighted by atomic mass is 10.4.